The summed E-state index contributed by atoms with van der Waals surface area (Å²) in [7, 11) is 0. The van der Waals surface area contributed by atoms with E-state index in [4.69, 9.17) is 9.47 Å². The molecule has 5 fully saturated rings. The Balaban J connectivity index is 1.19. The summed E-state index contributed by atoms with van der Waals surface area (Å²) in [6, 6.07) is 1.01. The van der Waals surface area contributed by atoms with Gasteiger partial charge in [-0.2, -0.15) is 0 Å². The van der Waals surface area contributed by atoms with Gasteiger partial charge in [-0.3, -0.25) is 15.1 Å². The summed E-state index contributed by atoms with van der Waals surface area (Å²) >= 11 is 0. The zero-order valence-corrected chi connectivity index (χ0v) is 18.5. The number of nitrogens with zero attached hydrogens (tertiary/aromatic N) is 2. The first kappa shape index (κ1) is 21.5. The minimum Gasteiger partial charge on any atom is -0.386 e. The van der Waals surface area contributed by atoms with E-state index in [-0.39, 0.29) is 12.3 Å². The van der Waals surface area contributed by atoms with E-state index in [0.29, 0.717) is 30.8 Å². The lowest BCUT2D eigenvalue weighted by Gasteiger charge is -2.40. The van der Waals surface area contributed by atoms with Crippen LogP contribution in [0.4, 0.5) is 0 Å². The van der Waals surface area contributed by atoms with Crippen molar-refractivity contribution in [1.82, 2.24) is 25.8 Å². The van der Waals surface area contributed by atoms with Crippen LogP contribution in [0.2, 0.25) is 0 Å². The van der Waals surface area contributed by atoms with Gasteiger partial charge in [-0.05, 0) is 33.6 Å². The van der Waals surface area contributed by atoms with Crippen LogP contribution in [-0.4, -0.2) is 107 Å². The molecule has 9 heteroatoms. The zero-order chi connectivity index (χ0) is 21.0. The van der Waals surface area contributed by atoms with E-state index in [1.807, 2.05) is 0 Å². The number of piperidine rings is 1. The zero-order valence-electron chi connectivity index (χ0n) is 18.5. The molecule has 0 aromatic rings. The molecule has 5 heterocycles. The predicted molar refractivity (Wildman–Crippen MR) is 111 cm³/mol. The van der Waals surface area contributed by atoms with E-state index in [1.54, 1.807) is 6.92 Å². The standard InChI is InChI=1S/C21H39N5O4/c1-12-9-22-17-8-14(4-6-25(12)17)29-10-16-21(3,28)18(27)20(30-16)26-7-5-15-13(2)23-11-24-19(15)26/h12-20,22-24,27-28H,4-11H2,1-3H3/t12?,13?,14?,15?,16-,17?,18+,19?,20-,21-/m1/s1. The van der Waals surface area contributed by atoms with Crippen LogP contribution in [0.1, 0.15) is 40.0 Å². The van der Waals surface area contributed by atoms with Crippen molar-refractivity contribution in [3.8, 4) is 0 Å². The Bertz CT molecular complexity index is 624. The molecule has 5 aliphatic heterocycles. The monoisotopic (exact) mass is 425 g/mol. The van der Waals surface area contributed by atoms with Crippen LogP contribution in [0.25, 0.3) is 0 Å². The van der Waals surface area contributed by atoms with E-state index in [1.165, 1.54) is 0 Å². The number of likely N-dealkylation sites (tertiary alicyclic amines) is 1. The molecular formula is C21H39N5O4. The van der Waals surface area contributed by atoms with Gasteiger partial charge in [-0.25, -0.2) is 0 Å². The highest BCUT2D eigenvalue weighted by Gasteiger charge is 2.57. The quantitative estimate of drug-likeness (QED) is 0.381. The number of hydrogen-bond acceptors (Lipinski definition) is 9. The fourth-order valence-corrected chi connectivity index (χ4v) is 6.20. The highest BCUT2D eigenvalue weighted by Crippen LogP contribution is 2.38. The van der Waals surface area contributed by atoms with Crippen LogP contribution in [0.3, 0.4) is 0 Å². The highest BCUT2D eigenvalue weighted by molar-refractivity contribution is 5.04. The van der Waals surface area contributed by atoms with Crippen molar-refractivity contribution in [2.45, 2.75) is 94.6 Å². The molecule has 30 heavy (non-hydrogen) atoms. The molecule has 5 saturated heterocycles. The van der Waals surface area contributed by atoms with Crippen molar-refractivity contribution in [3.63, 3.8) is 0 Å². The molecule has 0 bridgehead atoms. The first-order chi connectivity index (χ1) is 14.4. The third kappa shape index (κ3) is 3.62. The van der Waals surface area contributed by atoms with Crippen LogP contribution in [0.15, 0.2) is 0 Å². The molecule has 0 saturated carbocycles. The first-order valence-corrected chi connectivity index (χ1v) is 11.8. The molecule has 6 unspecified atom stereocenters. The molecule has 9 nitrogen and oxygen atoms in total. The molecule has 0 aromatic heterocycles. The van der Waals surface area contributed by atoms with E-state index < -0.39 is 24.0 Å². The van der Waals surface area contributed by atoms with Gasteiger partial charge in [-0.1, -0.05) is 0 Å². The summed E-state index contributed by atoms with van der Waals surface area (Å²) in [6.45, 7) is 10.1. The van der Waals surface area contributed by atoms with Crippen molar-refractivity contribution < 1.29 is 19.7 Å². The Morgan fingerprint density at radius 1 is 1.13 bits per heavy atom. The normalized spacial score (nSPS) is 52.5. The van der Waals surface area contributed by atoms with Crippen LogP contribution in [0, 0.1) is 5.92 Å². The maximum absolute atomic E-state index is 11.1. The highest BCUT2D eigenvalue weighted by atomic mass is 16.6. The van der Waals surface area contributed by atoms with Crippen LogP contribution < -0.4 is 16.0 Å². The third-order valence-electron chi connectivity index (χ3n) is 8.31. The summed E-state index contributed by atoms with van der Waals surface area (Å²) in [5.74, 6) is 0.473. The van der Waals surface area contributed by atoms with E-state index in [2.05, 4.69) is 39.6 Å². The maximum Gasteiger partial charge on any atom is 0.141 e. The molecule has 0 aromatic carbocycles. The summed E-state index contributed by atoms with van der Waals surface area (Å²) in [6.07, 6.45) is 1.69. The Morgan fingerprint density at radius 3 is 2.77 bits per heavy atom. The third-order valence-corrected chi connectivity index (χ3v) is 8.31. The topological polar surface area (TPSA) is 101 Å². The average molecular weight is 426 g/mol. The van der Waals surface area contributed by atoms with Crippen molar-refractivity contribution in [2.24, 2.45) is 5.92 Å². The van der Waals surface area contributed by atoms with Gasteiger partial charge in [0, 0.05) is 50.7 Å². The Kier molecular flexibility index (Phi) is 5.88. The molecule has 0 aliphatic carbocycles. The lowest BCUT2D eigenvalue weighted by molar-refractivity contribution is -0.131. The molecule has 0 amide bonds. The minimum absolute atomic E-state index is 0.155. The van der Waals surface area contributed by atoms with Gasteiger partial charge in [0.05, 0.1) is 25.0 Å². The Labute approximate surface area is 179 Å². The maximum atomic E-state index is 11.1. The van der Waals surface area contributed by atoms with Crippen molar-refractivity contribution >= 4 is 0 Å². The number of aliphatic hydroxyl groups excluding tert-OH is 1. The average Bonchev–Trinajstić information content (AvgIpc) is 3.37. The van der Waals surface area contributed by atoms with Crippen molar-refractivity contribution in [2.75, 3.05) is 32.9 Å². The first-order valence-electron chi connectivity index (χ1n) is 11.8. The Hall–Kier alpha value is -0.360. The number of nitrogens with one attached hydrogen (secondary N) is 3. The predicted octanol–water partition coefficient (Wildman–Crippen LogP) is -1.19. The van der Waals surface area contributed by atoms with Crippen LogP contribution >= 0.6 is 0 Å². The summed E-state index contributed by atoms with van der Waals surface area (Å²) in [4.78, 5) is 4.71. The SMILES string of the molecule is CC1NCNC2C1CCN2[C@@H]1O[C@H](COC2CCN3C(C)CNC3C2)[C@@](C)(O)[C@H]1O. The number of hydrogen-bond donors (Lipinski definition) is 5. The number of aliphatic hydroxyl groups is 2. The number of rotatable bonds is 4. The van der Waals surface area contributed by atoms with E-state index in [0.717, 1.165) is 45.6 Å². The Morgan fingerprint density at radius 2 is 1.93 bits per heavy atom. The molecule has 172 valence electrons. The minimum atomic E-state index is -1.33. The molecule has 0 radical (unpaired) electrons. The van der Waals surface area contributed by atoms with E-state index >= 15 is 0 Å². The van der Waals surface area contributed by atoms with Gasteiger partial charge in [-0.15, -0.1) is 0 Å². The second-order valence-corrected chi connectivity index (χ2v) is 10.2. The van der Waals surface area contributed by atoms with Crippen molar-refractivity contribution in [1.29, 1.82) is 0 Å². The smallest absolute Gasteiger partial charge is 0.141 e. The molecule has 0 spiro atoms. The lowest BCUT2D eigenvalue weighted by Crippen LogP contribution is -2.62. The number of fused-ring (bicyclic) bond motifs is 2. The second kappa shape index (κ2) is 8.20. The molecule has 5 aliphatic rings. The second-order valence-electron chi connectivity index (χ2n) is 10.2. The van der Waals surface area contributed by atoms with Gasteiger partial charge < -0.3 is 30.3 Å². The van der Waals surface area contributed by atoms with Gasteiger partial charge >= 0.3 is 0 Å². The largest absolute Gasteiger partial charge is 0.386 e. The molecule has 5 rings (SSSR count). The fraction of sp³-hybridized carbons (Fsp3) is 1.00. The molecule has 5 N–H and O–H groups in total. The summed E-state index contributed by atoms with van der Waals surface area (Å²) < 4.78 is 12.5. The summed E-state index contributed by atoms with van der Waals surface area (Å²) in [5, 5.41) is 32.6. The fourth-order valence-electron chi connectivity index (χ4n) is 6.20. The summed E-state index contributed by atoms with van der Waals surface area (Å²) in [5.41, 5.74) is -1.33. The number of ether oxygens (including phenoxy) is 2. The van der Waals surface area contributed by atoms with E-state index in [9.17, 15) is 10.2 Å². The lowest BCUT2D eigenvalue weighted by atomic mass is 9.93. The van der Waals surface area contributed by atoms with Crippen LogP contribution in [-0.2, 0) is 9.47 Å². The molecule has 10 atom stereocenters. The van der Waals surface area contributed by atoms with Crippen molar-refractivity contribution in [3.05, 3.63) is 0 Å². The van der Waals surface area contributed by atoms with Gasteiger partial charge in [0.2, 0.25) is 0 Å². The van der Waals surface area contributed by atoms with Gasteiger partial charge in [0.15, 0.2) is 0 Å². The van der Waals surface area contributed by atoms with Crippen LogP contribution in [0.5, 0.6) is 0 Å². The van der Waals surface area contributed by atoms with Gasteiger partial charge in [0.1, 0.15) is 24.0 Å². The molecular weight excluding hydrogens is 386 g/mol. The van der Waals surface area contributed by atoms with Gasteiger partial charge in [0.25, 0.3) is 0 Å².